The van der Waals surface area contributed by atoms with Gasteiger partial charge in [0, 0.05) is 13.0 Å². The molecule has 45 heavy (non-hydrogen) atoms. The number of hydrogen-bond acceptors (Lipinski definition) is 10. The van der Waals surface area contributed by atoms with Crippen LogP contribution < -0.4 is 11.5 Å². The molecule has 6 N–H and O–H groups in total. The SMILES string of the molecule is CCOC(C)(C)C(=O)N=C(N=CN)c1ccc([C@]2(C#N)O[C@H](COC(=O)CC3CCCCC3)[C@@H](OC(=O)[C@@H](N)C(C)C)[C@H]2O)[nH]1. The molecule has 14 heteroatoms. The van der Waals surface area contributed by atoms with Crippen molar-refractivity contribution in [2.75, 3.05) is 13.2 Å². The van der Waals surface area contributed by atoms with Gasteiger partial charge < -0.3 is 40.5 Å². The first-order valence-electron chi connectivity index (χ1n) is 15.4. The van der Waals surface area contributed by atoms with Gasteiger partial charge in [-0.3, -0.25) is 14.4 Å². The number of carbonyl (C=O) groups is 3. The van der Waals surface area contributed by atoms with Gasteiger partial charge in [-0.2, -0.15) is 10.3 Å². The van der Waals surface area contributed by atoms with Crippen LogP contribution in [-0.2, 0) is 38.9 Å². The fourth-order valence-corrected chi connectivity index (χ4v) is 5.43. The number of aliphatic hydroxyl groups is 1. The van der Waals surface area contributed by atoms with E-state index in [0.717, 1.165) is 38.4 Å². The van der Waals surface area contributed by atoms with E-state index >= 15 is 0 Å². The lowest BCUT2D eigenvalue weighted by Gasteiger charge is -2.25. The van der Waals surface area contributed by atoms with E-state index < -0.39 is 53.4 Å². The average Bonchev–Trinajstić information content (AvgIpc) is 3.60. The van der Waals surface area contributed by atoms with E-state index in [1.165, 1.54) is 12.1 Å². The zero-order valence-electron chi connectivity index (χ0n) is 26.7. The summed E-state index contributed by atoms with van der Waals surface area (Å²) in [6.45, 7) is 8.25. The molecule has 2 heterocycles. The van der Waals surface area contributed by atoms with E-state index in [1.54, 1.807) is 34.6 Å². The number of rotatable bonds is 12. The Kier molecular flexibility index (Phi) is 12.4. The number of nitrogens with zero attached hydrogens (tertiary/aromatic N) is 3. The number of nitrogens with two attached hydrogens (primary N) is 2. The lowest BCUT2D eigenvalue weighted by Crippen LogP contribution is -2.46. The molecule has 0 spiro atoms. The van der Waals surface area contributed by atoms with E-state index in [2.05, 4.69) is 15.0 Å². The quantitative estimate of drug-likeness (QED) is 0.148. The van der Waals surface area contributed by atoms with Crippen molar-refractivity contribution in [1.82, 2.24) is 4.98 Å². The zero-order valence-corrected chi connectivity index (χ0v) is 26.7. The molecule has 0 aromatic carbocycles. The van der Waals surface area contributed by atoms with E-state index in [-0.39, 0.29) is 48.7 Å². The van der Waals surface area contributed by atoms with Crippen LogP contribution in [0.3, 0.4) is 0 Å². The molecule has 1 amide bonds. The maximum Gasteiger partial charge on any atom is 0.323 e. The fraction of sp³-hybridized carbons (Fsp3) is 0.677. The van der Waals surface area contributed by atoms with Crippen molar-refractivity contribution >= 4 is 30.0 Å². The number of aliphatic imine (C=N–C) groups is 2. The highest BCUT2D eigenvalue weighted by molar-refractivity contribution is 6.08. The number of nitrogens with one attached hydrogen (secondary N) is 1. The number of aromatic amines is 1. The largest absolute Gasteiger partial charge is 0.463 e. The van der Waals surface area contributed by atoms with Crippen LogP contribution in [0.2, 0.25) is 0 Å². The highest BCUT2D eigenvalue weighted by atomic mass is 16.6. The summed E-state index contributed by atoms with van der Waals surface area (Å²) in [5.74, 6) is -2.03. The van der Waals surface area contributed by atoms with Crippen LogP contribution in [0.5, 0.6) is 0 Å². The third-order valence-corrected chi connectivity index (χ3v) is 8.18. The number of amidine groups is 1. The number of esters is 2. The molecule has 2 aliphatic rings. The summed E-state index contributed by atoms with van der Waals surface area (Å²) < 4.78 is 22.7. The number of hydrogen-bond donors (Lipinski definition) is 4. The number of nitriles is 1. The van der Waals surface area contributed by atoms with E-state index in [0.29, 0.717) is 0 Å². The molecule has 1 aromatic rings. The first-order chi connectivity index (χ1) is 21.3. The van der Waals surface area contributed by atoms with Crippen molar-refractivity contribution in [2.24, 2.45) is 33.3 Å². The molecular weight excluding hydrogens is 584 g/mol. The van der Waals surface area contributed by atoms with Gasteiger partial charge in [0.25, 0.3) is 5.91 Å². The van der Waals surface area contributed by atoms with Gasteiger partial charge in [-0.05, 0) is 57.6 Å². The van der Waals surface area contributed by atoms with E-state index in [9.17, 15) is 24.8 Å². The second-order valence-electron chi connectivity index (χ2n) is 12.3. The second kappa shape index (κ2) is 15.6. The highest BCUT2D eigenvalue weighted by Gasteiger charge is 2.59. The Morgan fingerprint density at radius 2 is 1.96 bits per heavy atom. The fourth-order valence-electron chi connectivity index (χ4n) is 5.43. The van der Waals surface area contributed by atoms with Crippen LogP contribution in [0, 0.1) is 23.2 Å². The molecule has 3 rings (SSSR count). The molecule has 1 saturated carbocycles. The van der Waals surface area contributed by atoms with Crippen molar-refractivity contribution in [3.63, 3.8) is 0 Å². The van der Waals surface area contributed by atoms with Crippen molar-refractivity contribution in [3.05, 3.63) is 23.5 Å². The van der Waals surface area contributed by atoms with Gasteiger partial charge in [0.1, 0.15) is 36.5 Å². The topological polar surface area (TPSA) is 225 Å². The third kappa shape index (κ3) is 8.55. The van der Waals surface area contributed by atoms with Gasteiger partial charge in [0.2, 0.25) is 5.60 Å². The molecule has 1 saturated heterocycles. The molecule has 14 nitrogen and oxygen atoms in total. The number of aliphatic hydroxyl groups excluding tert-OH is 1. The third-order valence-electron chi connectivity index (χ3n) is 8.18. The zero-order chi connectivity index (χ0) is 33.4. The van der Waals surface area contributed by atoms with Crippen molar-refractivity contribution < 1.29 is 38.4 Å². The summed E-state index contributed by atoms with van der Waals surface area (Å²) in [7, 11) is 0. The summed E-state index contributed by atoms with van der Waals surface area (Å²) in [5, 5.41) is 21.9. The number of H-pyrrole nitrogens is 1. The molecule has 0 radical (unpaired) electrons. The highest BCUT2D eigenvalue weighted by Crippen LogP contribution is 2.41. The van der Waals surface area contributed by atoms with E-state index in [1.807, 2.05) is 6.07 Å². The van der Waals surface area contributed by atoms with Crippen LogP contribution in [0.15, 0.2) is 22.1 Å². The Balaban J connectivity index is 1.91. The molecular formula is C31H46N6O8. The van der Waals surface area contributed by atoms with Gasteiger partial charge in [0.15, 0.2) is 11.9 Å². The smallest absolute Gasteiger partial charge is 0.323 e. The van der Waals surface area contributed by atoms with Crippen molar-refractivity contribution in [3.8, 4) is 6.07 Å². The van der Waals surface area contributed by atoms with Gasteiger partial charge in [-0.1, -0.05) is 33.1 Å². The van der Waals surface area contributed by atoms with Gasteiger partial charge in [-0.25, -0.2) is 4.99 Å². The van der Waals surface area contributed by atoms with Gasteiger partial charge in [-0.15, -0.1) is 0 Å². The van der Waals surface area contributed by atoms with Gasteiger partial charge in [0.05, 0.1) is 17.7 Å². The van der Waals surface area contributed by atoms with Crippen LogP contribution in [0.4, 0.5) is 0 Å². The Hall–Kier alpha value is -3.64. The monoisotopic (exact) mass is 630 g/mol. The maximum atomic E-state index is 12.9. The first-order valence-corrected chi connectivity index (χ1v) is 15.4. The summed E-state index contributed by atoms with van der Waals surface area (Å²) in [6.07, 6.45) is 2.03. The molecule has 1 aromatic heterocycles. The second-order valence-corrected chi connectivity index (χ2v) is 12.3. The molecule has 1 aliphatic heterocycles. The number of aromatic nitrogens is 1. The van der Waals surface area contributed by atoms with E-state index in [4.69, 9.17) is 30.4 Å². The molecule has 5 atom stereocenters. The number of amides is 1. The molecule has 1 aliphatic carbocycles. The first kappa shape index (κ1) is 35.8. The predicted octanol–water partition coefficient (Wildman–Crippen LogP) is 1.98. The summed E-state index contributed by atoms with van der Waals surface area (Å²) in [5.41, 5.74) is 8.39. The molecule has 248 valence electrons. The van der Waals surface area contributed by atoms with Crippen LogP contribution >= 0.6 is 0 Å². The summed E-state index contributed by atoms with van der Waals surface area (Å²) in [6, 6.07) is 3.90. The number of carbonyl (C=O) groups excluding carboxylic acids is 3. The summed E-state index contributed by atoms with van der Waals surface area (Å²) >= 11 is 0. The Bertz CT molecular complexity index is 1300. The normalized spacial score (nSPS) is 25.3. The maximum absolute atomic E-state index is 12.9. The van der Waals surface area contributed by atoms with Crippen molar-refractivity contribution in [2.45, 2.75) is 109 Å². The van der Waals surface area contributed by atoms with Crippen LogP contribution in [0.25, 0.3) is 0 Å². The molecule has 0 bridgehead atoms. The Labute approximate surface area is 263 Å². The minimum Gasteiger partial charge on any atom is -0.463 e. The lowest BCUT2D eigenvalue weighted by molar-refractivity contribution is -0.162. The van der Waals surface area contributed by atoms with Crippen LogP contribution in [-0.4, -0.2) is 83.3 Å². The number of ether oxygens (including phenoxy) is 4. The predicted molar refractivity (Wildman–Crippen MR) is 164 cm³/mol. The Morgan fingerprint density at radius 1 is 1.27 bits per heavy atom. The average molecular weight is 631 g/mol. The molecule has 2 fully saturated rings. The molecule has 0 unspecified atom stereocenters. The Morgan fingerprint density at radius 3 is 2.56 bits per heavy atom. The van der Waals surface area contributed by atoms with Crippen LogP contribution in [0.1, 0.15) is 84.5 Å². The summed E-state index contributed by atoms with van der Waals surface area (Å²) in [4.78, 5) is 49.4. The minimum absolute atomic E-state index is 0.0502. The van der Waals surface area contributed by atoms with Crippen molar-refractivity contribution in [1.29, 1.82) is 5.26 Å². The minimum atomic E-state index is -2.10. The lowest BCUT2D eigenvalue weighted by atomic mass is 9.87. The van der Waals surface area contributed by atoms with Gasteiger partial charge >= 0.3 is 11.9 Å². The standard InChI is InChI=1S/C31H46N6O8/c1-6-43-30(4,5)29(41)37-27(35-17-33)20-12-13-22(36-20)31(16-32)26(39)25(44-28(40)24(34)18(2)3)21(45-31)15-42-23(38)14-19-10-8-7-9-11-19/h12-13,17-19,21,24-26,36,39H,6-11,14-15,34H2,1-5H3,(H2,33,35,37,41)/t21-,24+,25-,26-,31+/m1/s1.